The maximum atomic E-state index is 12.1. The van der Waals surface area contributed by atoms with E-state index in [9.17, 15) is 4.79 Å². The number of likely N-dealkylation sites (tertiary alicyclic amines) is 1. The minimum absolute atomic E-state index is 0.0121. The summed E-state index contributed by atoms with van der Waals surface area (Å²) in [7, 11) is 0. The molecule has 1 aliphatic heterocycles. The molecule has 0 atom stereocenters. The summed E-state index contributed by atoms with van der Waals surface area (Å²) < 4.78 is 0. The Labute approximate surface area is 101 Å². The molecule has 1 aromatic heterocycles. The lowest BCUT2D eigenvalue weighted by atomic mass is 9.82. The Morgan fingerprint density at radius 1 is 1.53 bits per heavy atom. The summed E-state index contributed by atoms with van der Waals surface area (Å²) >= 11 is 0. The van der Waals surface area contributed by atoms with E-state index in [-0.39, 0.29) is 11.3 Å². The highest BCUT2D eigenvalue weighted by Crippen LogP contribution is 2.30. The lowest BCUT2D eigenvalue weighted by molar-refractivity contribution is 0.0661. The number of carbonyl (C=O) groups excluding carboxylic acids is 1. The van der Waals surface area contributed by atoms with Gasteiger partial charge in [-0.3, -0.25) is 9.78 Å². The van der Waals surface area contributed by atoms with Gasteiger partial charge in [0, 0.05) is 25.5 Å². The highest BCUT2D eigenvalue weighted by Gasteiger charge is 2.31. The molecule has 0 unspecified atom stereocenters. The number of nitrogens with zero attached hydrogens (tertiary/aromatic N) is 3. The minimum Gasteiger partial charge on any atom is -0.338 e. The molecule has 0 radical (unpaired) electrons. The summed E-state index contributed by atoms with van der Waals surface area (Å²) in [4.78, 5) is 17.8. The molecule has 4 heteroatoms. The Hall–Kier alpha value is -1.89. The molecule has 0 bridgehead atoms. The second-order valence-electron chi connectivity index (χ2n) is 4.71. The molecule has 2 heterocycles. The van der Waals surface area contributed by atoms with Crippen LogP contribution in [0.15, 0.2) is 24.5 Å². The number of hydrogen-bond donors (Lipinski definition) is 0. The van der Waals surface area contributed by atoms with E-state index in [1.165, 1.54) is 0 Å². The predicted molar refractivity (Wildman–Crippen MR) is 63.1 cm³/mol. The zero-order valence-corrected chi connectivity index (χ0v) is 9.89. The smallest absolute Gasteiger partial charge is 0.255 e. The van der Waals surface area contributed by atoms with Gasteiger partial charge in [-0.25, -0.2) is 0 Å². The van der Waals surface area contributed by atoms with Crippen molar-refractivity contribution in [1.29, 1.82) is 5.26 Å². The van der Waals surface area contributed by atoms with Crippen LogP contribution in [-0.4, -0.2) is 28.9 Å². The zero-order valence-electron chi connectivity index (χ0n) is 9.89. The third-order valence-corrected chi connectivity index (χ3v) is 3.33. The van der Waals surface area contributed by atoms with E-state index < -0.39 is 0 Å². The maximum Gasteiger partial charge on any atom is 0.255 e. The molecule has 1 aliphatic rings. The first-order valence-corrected chi connectivity index (χ1v) is 5.75. The average molecular weight is 229 g/mol. The number of carbonyl (C=O) groups is 1. The molecule has 1 fully saturated rings. The quantitative estimate of drug-likeness (QED) is 0.738. The number of piperidine rings is 1. The monoisotopic (exact) mass is 229 g/mol. The van der Waals surface area contributed by atoms with Crippen LogP contribution >= 0.6 is 0 Å². The van der Waals surface area contributed by atoms with Gasteiger partial charge in [-0.15, -0.1) is 0 Å². The molecule has 0 aromatic carbocycles. The number of pyridine rings is 1. The summed E-state index contributed by atoms with van der Waals surface area (Å²) in [5.41, 5.74) is 0.346. The second kappa shape index (κ2) is 4.54. The Morgan fingerprint density at radius 2 is 2.24 bits per heavy atom. The third-order valence-electron chi connectivity index (χ3n) is 3.33. The van der Waals surface area contributed by atoms with Crippen molar-refractivity contribution in [2.75, 3.05) is 13.1 Å². The van der Waals surface area contributed by atoms with Crippen LogP contribution in [0.4, 0.5) is 0 Å². The second-order valence-corrected chi connectivity index (χ2v) is 4.71. The summed E-state index contributed by atoms with van der Waals surface area (Å²) in [5, 5.41) is 9.03. The third kappa shape index (κ3) is 2.44. The fourth-order valence-corrected chi connectivity index (χ4v) is 1.99. The van der Waals surface area contributed by atoms with Crippen LogP contribution in [0.2, 0.25) is 0 Å². The van der Waals surface area contributed by atoms with Crippen molar-refractivity contribution < 1.29 is 4.79 Å². The summed E-state index contributed by atoms with van der Waals surface area (Å²) in [6.07, 6.45) is 4.73. The van der Waals surface area contributed by atoms with Crippen LogP contribution in [0.5, 0.6) is 0 Å². The zero-order chi connectivity index (χ0) is 12.3. The van der Waals surface area contributed by atoms with Crippen molar-refractivity contribution in [3.05, 3.63) is 30.1 Å². The number of rotatable bonds is 1. The summed E-state index contributed by atoms with van der Waals surface area (Å²) in [6, 6.07) is 5.86. The van der Waals surface area contributed by atoms with Crippen LogP contribution in [0, 0.1) is 16.7 Å². The van der Waals surface area contributed by atoms with Crippen LogP contribution in [0.25, 0.3) is 0 Å². The van der Waals surface area contributed by atoms with Crippen LogP contribution < -0.4 is 0 Å². The van der Waals surface area contributed by atoms with E-state index >= 15 is 0 Å². The molecule has 4 nitrogen and oxygen atoms in total. The topological polar surface area (TPSA) is 57.0 Å². The van der Waals surface area contributed by atoms with Gasteiger partial charge in [-0.05, 0) is 31.9 Å². The lowest BCUT2D eigenvalue weighted by Crippen LogP contribution is -2.41. The number of aromatic nitrogens is 1. The Bertz CT molecular complexity index is 441. The standard InChI is InChI=1S/C13H15N3O/c1-13(10-14)4-7-16(8-5-13)12(17)11-3-2-6-15-9-11/h2-3,6,9H,4-5,7-8H2,1H3. The normalized spacial score (nSPS) is 18.5. The van der Waals surface area contributed by atoms with E-state index in [0.29, 0.717) is 18.7 Å². The van der Waals surface area contributed by atoms with Gasteiger partial charge in [-0.1, -0.05) is 0 Å². The van der Waals surface area contributed by atoms with Crippen molar-refractivity contribution in [3.8, 4) is 6.07 Å². The van der Waals surface area contributed by atoms with E-state index in [1.807, 2.05) is 6.92 Å². The van der Waals surface area contributed by atoms with E-state index in [0.717, 1.165) is 12.8 Å². The van der Waals surface area contributed by atoms with Crippen molar-refractivity contribution in [2.45, 2.75) is 19.8 Å². The van der Waals surface area contributed by atoms with Gasteiger partial charge in [0.1, 0.15) is 0 Å². The molecular weight excluding hydrogens is 214 g/mol. The van der Waals surface area contributed by atoms with Crippen molar-refractivity contribution in [2.24, 2.45) is 5.41 Å². The summed E-state index contributed by atoms with van der Waals surface area (Å²) in [5.74, 6) is 0.0121. The molecule has 17 heavy (non-hydrogen) atoms. The van der Waals surface area contributed by atoms with Crippen molar-refractivity contribution in [1.82, 2.24) is 9.88 Å². The van der Waals surface area contributed by atoms with Crippen LogP contribution in [0.1, 0.15) is 30.1 Å². The minimum atomic E-state index is -0.272. The number of amides is 1. The molecular formula is C13H15N3O. The maximum absolute atomic E-state index is 12.1. The Balaban J connectivity index is 2.03. The van der Waals surface area contributed by atoms with E-state index in [4.69, 9.17) is 5.26 Å². The van der Waals surface area contributed by atoms with Gasteiger partial charge in [0.25, 0.3) is 5.91 Å². The van der Waals surface area contributed by atoms with Gasteiger partial charge in [0.05, 0.1) is 17.0 Å². The van der Waals surface area contributed by atoms with Crippen molar-refractivity contribution >= 4 is 5.91 Å². The highest BCUT2D eigenvalue weighted by atomic mass is 16.2. The molecule has 1 amide bonds. The van der Waals surface area contributed by atoms with Crippen molar-refractivity contribution in [3.63, 3.8) is 0 Å². The number of nitriles is 1. The predicted octanol–water partition coefficient (Wildman–Crippen LogP) is 1.85. The lowest BCUT2D eigenvalue weighted by Gasteiger charge is -2.34. The molecule has 2 rings (SSSR count). The SMILES string of the molecule is CC1(C#N)CCN(C(=O)c2cccnc2)CC1. The first-order valence-electron chi connectivity index (χ1n) is 5.75. The van der Waals surface area contributed by atoms with Crippen LogP contribution in [-0.2, 0) is 0 Å². The fourth-order valence-electron chi connectivity index (χ4n) is 1.99. The van der Waals surface area contributed by atoms with E-state index in [2.05, 4.69) is 11.1 Å². The molecule has 0 aliphatic carbocycles. The first-order chi connectivity index (χ1) is 8.14. The highest BCUT2D eigenvalue weighted by molar-refractivity contribution is 5.93. The van der Waals surface area contributed by atoms with Gasteiger partial charge in [-0.2, -0.15) is 5.26 Å². The van der Waals surface area contributed by atoms with Gasteiger partial charge < -0.3 is 4.90 Å². The van der Waals surface area contributed by atoms with Gasteiger partial charge >= 0.3 is 0 Å². The molecule has 1 aromatic rings. The van der Waals surface area contributed by atoms with Gasteiger partial charge in [0.2, 0.25) is 0 Å². The fraction of sp³-hybridized carbons (Fsp3) is 0.462. The van der Waals surface area contributed by atoms with Crippen LogP contribution in [0.3, 0.4) is 0 Å². The molecule has 1 saturated heterocycles. The Kier molecular flexibility index (Phi) is 3.10. The largest absolute Gasteiger partial charge is 0.338 e. The molecule has 88 valence electrons. The molecule has 0 saturated carbocycles. The van der Waals surface area contributed by atoms with E-state index in [1.54, 1.807) is 29.4 Å². The molecule has 0 spiro atoms. The summed E-state index contributed by atoms with van der Waals surface area (Å²) in [6.45, 7) is 3.26. The Morgan fingerprint density at radius 3 is 2.76 bits per heavy atom. The number of hydrogen-bond acceptors (Lipinski definition) is 3. The molecule has 0 N–H and O–H groups in total. The first kappa shape index (κ1) is 11.6. The van der Waals surface area contributed by atoms with Gasteiger partial charge in [0.15, 0.2) is 0 Å². The average Bonchev–Trinajstić information content (AvgIpc) is 2.40.